The summed E-state index contributed by atoms with van der Waals surface area (Å²) < 4.78 is 0.725. The van der Waals surface area contributed by atoms with Gasteiger partial charge in [-0.05, 0) is 63.4 Å². The summed E-state index contributed by atoms with van der Waals surface area (Å²) in [7, 11) is 0. The van der Waals surface area contributed by atoms with Crippen LogP contribution in [0.3, 0.4) is 0 Å². The van der Waals surface area contributed by atoms with Gasteiger partial charge in [-0.1, -0.05) is 43.3 Å². The van der Waals surface area contributed by atoms with Crippen molar-refractivity contribution in [1.82, 2.24) is 4.90 Å². The van der Waals surface area contributed by atoms with Gasteiger partial charge in [0.15, 0.2) is 0 Å². The number of hydrogen-bond acceptors (Lipinski definition) is 4. The summed E-state index contributed by atoms with van der Waals surface area (Å²) in [5.74, 6) is -0.885. The number of para-hydroxylation sites is 1. The van der Waals surface area contributed by atoms with Crippen molar-refractivity contribution in [2.24, 2.45) is 0 Å². The molecular formula is C20H17BrN2O3S. The molecule has 0 atom stereocenters. The molecule has 27 heavy (non-hydrogen) atoms. The Bertz CT molecular complexity index is 925. The van der Waals surface area contributed by atoms with E-state index in [-0.39, 0.29) is 6.54 Å². The molecule has 7 heteroatoms. The second kappa shape index (κ2) is 8.54. The Morgan fingerprint density at radius 3 is 2.52 bits per heavy atom. The van der Waals surface area contributed by atoms with Gasteiger partial charge in [0.2, 0.25) is 5.91 Å². The first-order valence-corrected chi connectivity index (χ1v) is 9.97. The van der Waals surface area contributed by atoms with Gasteiger partial charge in [-0.2, -0.15) is 0 Å². The minimum Gasteiger partial charge on any atom is -0.324 e. The first-order chi connectivity index (χ1) is 13.0. The van der Waals surface area contributed by atoms with Crippen molar-refractivity contribution in [1.29, 1.82) is 0 Å². The monoisotopic (exact) mass is 444 g/mol. The van der Waals surface area contributed by atoms with E-state index in [9.17, 15) is 14.4 Å². The van der Waals surface area contributed by atoms with Crippen LogP contribution >= 0.6 is 27.7 Å². The van der Waals surface area contributed by atoms with Crippen molar-refractivity contribution in [3.8, 4) is 0 Å². The lowest BCUT2D eigenvalue weighted by Gasteiger charge is -2.13. The Kier molecular flexibility index (Phi) is 6.13. The number of carbonyl (C=O) groups excluding carboxylic acids is 3. The van der Waals surface area contributed by atoms with Crippen LogP contribution in [0.15, 0.2) is 57.9 Å². The smallest absolute Gasteiger partial charge is 0.294 e. The maximum Gasteiger partial charge on any atom is 0.294 e. The van der Waals surface area contributed by atoms with Crippen LogP contribution < -0.4 is 5.32 Å². The molecule has 2 aromatic carbocycles. The van der Waals surface area contributed by atoms with Gasteiger partial charge in [0.25, 0.3) is 11.1 Å². The third-order valence-corrected chi connectivity index (χ3v) is 5.61. The molecule has 3 amide bonds. The SMILES string of the molecule is CCc1ccc(/C=C2\SC(=O)N(CC(=O)Nc3ccccc3Br)C2=O)cc1. The van der Waals surface area contributed by atoms with E-state index < -0.39 is 17.1 Å². The topological polar surface area (TPSA) is 66.5 Å². The van der Waals surface area contributed by atoms with E-state index in [1.54, 1.807) is 24.3 Å². The fraction of sp³-hybridized carbons (Fsp3) is 0.150. The van der Waals surface area contributed by atoms with E-state index in [2.05, 4.69) is 28.2 Å². The van der Waals surface area contributed by atoms with Crippen LogP contribution in [0.1, 0.15) is 18.1 Å². The molecule has 1 fully saturated rings. The van der Waals surface area contributed by atoms with E-state index in [1.807, 2.05) is 30.3 Å². The van der Waals surface area contributed by atoms with Crippen LogP contribution in [-0.2, 0) is 16.0 Å². The second-order valence-electron chi connectivity index (χ2n) is 5.89. The lowest BCUT2D eigenvalue weighted by atomic mass is 10.1. The number of aryl methyl sites for hydroxylation is 1. The summed E-state index contributed by atoms with van der Waals surface area (Å²) in [5.41, 5.74) is 2.63. The zero-order valence-corrected chi connectivity index (χ0v) is 17.0. The van der Waals surface area contributed by atoms with Crippen molar-refractivity contribution in [3.05, 3.63) is 69.0 Å². The van der Waals surface area contributed by atoms with Crippen LogP contribution in [0.2, 0.25) is 0 Å². The fourth-order valence-electron chi connectivity index (χ4n) is 2.53. The molecule has 138 valence electrons. The highest BCUT2D eigenvalue weighted by atomic mass is 79.9. The molecule has 1 heterocycles. The van der Waals surface area contributed by atoms with Gasteiger partial charge in [0, 0.05) is 4.47 Å². The van der Waals surface area contributed by atoms with Gasteiger partial charge in [-0.3, -0.25) is 19.3 Å². The lowest BCUT2D eigenvalue weighted by molar-refractivity contribution is -0.127. The molecule has 5 nitrogen and oxygen atoms in total. The molecule has 1 aliphatic heterocycles. The van der Waals surface area contributed by atoms with Crippen LogP contribution in [0.5, 0.6) is 0 Å². The minimum absolute atomic E-state index is 0.318. The van der Waals surface area contributed by atoms with Gasteiger partial charge in [0.05, 0.1) is 10.6 Å². The van der Waals surface area contributed by atoms with Crippen LogP contribution in [0.4, 0.5) is 10.5 Å². The second-order valence-corrected chi connectivity index (χ2v) is 7.74. The summed E-state index contributed by atoms with van der Waals surface area (Å²) in [6, 6.07) is 14.9. The van der Waals surface area contributed by atoms with E-state index in [1.165, 1.54) is 5.56 Å². The first kappa shape index (κ1) is 19.4. The predicted octanol–water partition coefficient (Wildman–Crippen LogP) is 4.69. The third kappa shape index (κ3) is 4.67. The quantitative estimate of drug-likeness (QED) is 0.679. The Labute approximate surface area is 169 Å². The molecule has 0 saturated carbocycles. The number of imide groups is 1. The molecule has 0 aliphatic carbocycles. The summed E-state index contributed by atoms with van der Waals surface area (Å²) in [4.78, 5) is 38.2. The third-order valence-electron chi connectivity index (χ3n) is 4.01. The normalized spacial score (nSPS) is 15.5. The van der Waals surface area contributed by atoms with Crippen molar-refractivity contribution in [2.45, 2.75) is 13.3 Å². The van der Waals surface area contributed by atoms with Crippen molar-refractivity contribution in [3.63, 3.8) is 0 Å². The summed E-state index contributed by atoms with van der Waals surface area (Å²) in [6.07, 6.45) is 2.61. The zero-order chi connectivity index (χ0) is 19.4. The molecule has 1 N–H and O–H groups in total. The number of carbonyl (C=O) groups is 3. The van der Waals surface area contributed by atoms with Gasteiger partial charge >= 0.3 is 0 Å². The highest BCUT2D eigenvalue weighted by molar-refractivity contribution is 9.10. The minimum atomic E-state index is -0.452. The standard InChI is InChI=1S/C20H17BrN2O3S/c1-2-13-7-9-14(10-8-13)11-17-19(25)23(20(26)27-17)12-18(24)22-16-6-4-3-5-15(16)21/h3-11H,2,12H2,1H3,(H,22,24)/b17-11-. The van der Waals surface area contributed by atoms with Gasteiger partial charge in [-0.25, -0.2) is 0 Å². The summed E-state index contributed by atoms with van der Waals surface area (Å²) >= 11 is 4.19. The molecule has 1 aliphatic rings. The largest absolute Gasteiger partial charge is 0.324 e. The number of nitrogens with one attached hydrogen (secondary N) is 1. The number of amides is 3. The van der Waals surface area contributed by atoms with Crippen LogP contribution in [-0.4, -0.2) is 28.5 Å². The van der Waals surface area contributed by atoms with Crippen molar-refractivity contribution < 1.29 is 14.4 Å². The summed E-state index contributed by atoms with van der Waals surface area (Å²) in [5, 5.41) is 2.25. The highest BCUT2D eigenvalue weighted by Gasteiger charge is 2.36. The van der Waals surface area contributed by atoms with Crippen molar-refractivity contribution in [2.75, 3.05) is 11.9 Å². The first-order valence-electron chi connectivity index (χ1n) is 8.36. The molecule has 0 aromatic heterocycles. The van der Waals surface area contributed by atoms with E-state index >= 15 is 0 Å². The van der Waals surface area contributed by atoms with Crippen LogP contribution in [0, 0.1) is 0 Å². The van der Waals surface area contributed by atoms with Crippen molar-refractivity contribution >= 4 is 56.5 Å². The Balaban J connectivity index is 1.69. The Morgan fingerprint density at radius 2 is 1.85 bits per heavy atom. The average molecular weight is 445 g/mol. The molecule has 0 unspecified atom stereocenters. The number of nitrogens with zero attached hydrogens (tertiary/aromatic N) is 1. The molecule has 0 bridgehead atoms. The average Bonchev–Trinajstić information content (AvgIpc) is 2.91. The number of thioether (sulfide) groups is 1. The highest BCUT2D eigenvalue weighted by Crippen LogP contribution is 2.32. The van der Waals surface area contributed by atoms with Gasteiger partial charge < -0.3 is 5.32 Å². The molecule has 3 rings (SSSR count). The zero-order valence-electron chi connectivity index (χ0n) is 14.6. The molecule has 2 aromatic rings. The number of rotatable bonds is 5. The number of halogens is 1. The van der Waals surface area contributed by atoms with E-state index in [0.29, 0.717) is 10.6 Å². The maximum atomic E-state index is 12.5. The molecular weight excluding hydrogens is 428 g/mol. The van der Waals surface area contributed by atoms with Gasteiger partial charge in [-0.15, -0.1) is 0 Å². The summed E-state index contributed by atoms with van der Waals surface area (Å²) in [6.45, 7) is 1.75. The van der Waals surface area contributed by atoms with Gasteiger partial charge in [0.1, 0.15) is 6.54 Å². The fourth-order valence-corrected chi connectivity index (χ4v) is 3.76. The van der Waals surface area contributed by atoms with E-state index in [4.69, 9.17) is 0 Å². The lowest BCUT2D eigenvalue weighted by Crippen LogP contribution is -2.36. The van der Waals surface area contributed by atoms with Crippen LogP contribution in [0.25, 0.3) is 6.08 Å². The maximum absolute atomic E-state index is 12.5. The molecule has 1 saturated heterocycles. The molecule has 0 spiro atoms. The number of anilines is 1. The Hall–Kier alpha value is -2.38. The molecule has 0 radical (unpaired) electrons. The Morgan fingerprint density at radius 1 is 1.15 bits per heavy atom. The number of benzene rings is 2. The van der Waals surface area contributed by atoms with E-state index in [0.717, 1.165) is 33.1 Å². The predicted molar refractivity (Wildman–Crippen MR) is 111 cm³/mol. The number of hydrogen-bond donors (Lipinski definition) is 1.